The van der Waals surface area contributed by atoms with Crippen molar-refractivity contribution in [2.45, 2.75) is 19.3 Å². The van der Waals surface area contributed by atoms with Gasteiger partial charge in [0, 0.05) is 26.3 Å². The molecule has 0 saturated carbocycles. The van der Waals surface area contributed by atoms with Crippen molar-refractivity contribution in [3.8, 4) is 0 Å². The van der Waals surface area contributed by atoms with E-state index < -0.39 is 5.97 Å². The van der Waals surface area contributed by atoms with Crippen molar-refractivity contribution < 1.29 is 19.4 Å². The number of likely N-dealkylation sites (tertiary alicyclic amines) is 1. The number of aromatic nitrogens is 1. The van der Waals surface area contributed by atoms with E-state index in [0.717, 1.165) is 32.5 Å². The molecule has 2 fully saturated rings. The first kappa shape index (κ1) is 14.0. The minimum Gasteiger partial charge on any atom is -0.477 e. The Bertz CT molecular complexity index is 567. The van der Waals surface area contributed by atoms with Crippen LogP contribution in [0, 0.1) is 5.41 Å². The molecule has 6 nitrogen and oxygen atoms in total. The smallest absolute Gasteiger partial charge is 0.354 e. The number of nitrogens with zero attached hydrogens (tertiary/aromatic N) is 2. The third-order valence-electron chi connectivity index (χ3n) is 4.47. The van der Waals surface area contributed by atoms with E-state index in [1.807, 2.05) is 0 Å². The van der Waals surface area contributed by atoms with Crippen molar-refractivity contribution in [2.24, 2.45) is 5.41 Å². The number of ether oxygens (including phenoxy) is 1. The lowest BCUT2D eigenvalue weighted by atomic mass is 9.80. The van der Waals surface area contributed by atoms with Gasteiger partial charge in [0.25, 0.3) is 5.91 Å². The summed E-state index contributed by atoms with van der Waals surface area (Å²) in [6.45, 7) is 2.94. The second-order valence-electron chi connectivity index (χ2n) is 5.80. The molecule has 2 aliphatic rings. The largest absolute Gasteiger partial charge is 0.477 e. The highest BCUT2D eigenvalue weighted by Gasteiger charge is 2.41. The maximum absolute atomic E-state index is 12.5. The molecule has 2 aliphatic heterocycles. The number of rotatable bonds is 2. The molecule has 0 bridgehead atoms. The van der Waals surface area contributed by atoms with Crippen molar-refractivity contribution in [3.63, 3.8) is 0 Å². The lowest BCUT2D eigenvalue weighted by Crippen LogP contribution is -2.36. The van der Waals surface area contributed by atoms with Crippen LogP contribution in [0.3, 0.4) is 0 Å². The Balaban J connectivity index is 1.74. The zero-order chi connectivity index (χ0) is 14.9. The highest BCUT2D eigenvalue weighted by Crippen LogP contribution is 2.39. The van der Waals surface area contributed by atoms with Crippen LogP contribution in [-0.2, 0) is 4.74 Å². The van der Waals surface area contributed by atoms with E-state index >= 15 is 0 Å². The van der Waals surface area contributed by atoms with Crippen molar-refractivity contribution in [1.29, 1.82) is 0 Å². The Labute approximate surface area is 122 Å². The Hall–Kier alpha value is -1.95. The highest BCUT2D eigenvalue weighted by atomic mass is 16.5. The molecule has 1 N–H and O–H groups in total. The van der Waals surface area contributed by atoms with Gasteiger partial charge in [0.15, 0.2) is 0 Å². The average molecular weight is 290 g/mol. The molecule has 3 rings (SSSR count). The highest BCUT2D eigenvalue weighted by molar-refractivity contribution is 5.94. The van der Waals surface area contributed by atoms with Gasteiger partial charge in [-0.25, -0.2) is 9.78 Å². The summed E-state index contributed by atoms with van der Waals surface area (Å²) in [6, 6.07) is 4.52. The fourth-order valence-corrected chi connectivity index (χ4v) is 3.16. The van der Waals surface area contributed by atoms with Crippen LogP contribution < -0.4 is 0 Å². The van der Waals surface area contributed by atoms with Gasteiger partial charge in [-0.15, -0.1) is 0 Å². The zero-order valence-electron chi connectivity index (χ0n) is 11.7. The zero-order valence-corrected chi connectivity index (χ0v) is 11.7. The quantitative estimate of drug-likeness (QED) is 0.891. The van der Waals surface area contributed by atoms with Crippen LogP contribution in [-0.4, -0.2) is 53.2 Å². The summed E-state index contributed by atoms with van der Waals surface area (Å²) in [5.41, 5.74) is 0.290. The van der Waals surface area contributed by atoms with Gasteiger partial charge in [-0.1, -0.05) is 6.07 Å². The van der Waals surface area contributed by atoms with Crippen LogP contribution in [0.25, 0.3) is 0 Å². The summed E-state index contributed by atoms with van der Waals surface area (Å²) in [5.74, 6) is -1.30. The van der Waals surface area contributed by atoms with Gasteiger partial charge >= 0.3 is 5.97 Å². The molecule has 1 aromatic heterocycles. The molecular formula is C15H18N2O4. The van der Waals surface area contributed by atoms with Gasteiger partial charge in [0.2, 0.25) is 0 Å². The van der Waals surface area contributed by atoms with Crippen molar-refractivity contribution >= 4 is 11.9 Å². The molecule has 1 spiro atoms. The van der Waals surface area contributed by atoms with Crippen LogP contribution >= 0.6 is 0 Å². The van der Waals surface area contributed by atoms with Crippen LogP contribution in [0.15, 0.2) is 18.2 Å². The fourth-order valence-electron chi connectivity index (χ4n) is 3.16. The Kier molecular flexibility index (Phi) is 3.63. The van der Waals surface area contributed by atoms with Crippen LogP contribution in [0.1, 0.15) is 40.2 Å². The second kappa shape index (κ2) is 5.44. The van der Waals surface area contributed by atoms with Gasteiger partial charge in [0.05, 0.1) is 0 Å². The molecule has 1 amide bonds. The maximum atomic E-state index is 12.5. The summed E-state index contributed by atoms with van der Waals surface area (Å²) in [6.07, 6.45) is 2.96. The Morgan fingerprint density at radius 3 is 2.62 bits per heavy atom. The molecule has 0 atom stereocenters. The topological polar surface area (TPSA) is 79.7 Å². The molecule has 2 saturated heterocycles. The standard InChI is InChI=1S/C15H18N2O4/c18-13(11-2-1-3-12(16-11)14(19)20)17-7-4-15(10-17)5-8-21-9-6-15/h1-3H,4-10H2,(H,19,20). The van der Waals surface area contributed by atoms with Crippen molar-refractivity contribution in [1.82, 2.24) is 9.88 Å². The fraction of sp³-hybridized carbons (Fsp3) is 0.533. The SMILES string of the molecule is O=C(O)c1cccc(C(=O)N2CCC3(CCOCC3)C2)n1. The first-order valence-electron chi connectivity index (χ1n) is 7.17. The molecule has 0 aromatic carbocycles. The first-order valence-corrected chi connectivity index (χ1v) is 7.17. The van der Waals surface area contributed by atoms with E-state index in [2.05, 4.69) is 4.98 Å². The van der Waals surface area contributed by atoms with E-state index in [4.69, 9.17) is 9.84 Å². The molecule has 0 unspecified atom stereocenters. The molecular weight excluding hydrogens is 272 g/mol. The van der Waals surface area contributed by atoms with Crippen LogP contribution in [0.5, 0.6) is 0 Å². The number of carboxylic acid groups (broad SMARTS) is 1. The third-order valence-corrected chi connectivity index (χ3v) is 4.47. The minimum atomic E-state index is -1.12. The number of pyridine rings is 1. The summed E-state index contributed by atoms with van der Waals surface area (Å²) in [4.78, 5) is 29.2. The monoisotopic (exact) mass is 290 g/mol. The van der Waals surface area contributed by atoms with Crippen molar-refractivity contribution in [2.75, 3.05) is 26.3 Å². The van der Waals surface area contributed by atoms with Gasteiger partial charge in [-0.3, -0.25) is 4.79 Å². The minimum absolute atomic E-state index is 0.0965. The van der Waals surface area contributed by atoms with Gasteiger partial charge < -0.3 is 14.7 Å². The summed E-state index contributed by atoms with van der Waals surface area (Å²) >= 11 is 0. The molecule has 6 heteroatoms. The Morgan fingerprint density at radius 2 is 1.90 bits per heavy atom. The number of hydrogen-bond acceptors (Lipinski definition) is 4. The van der Waals surface area contributed by atoms with E-state index in [1.165, 1.54) is 6.07 Å². The molecule has 21 heavy (non-hydrogen) atoms. The second-order valence-corrected chi connectivity index (χ2v) is 5.80. The van der Waals surface area contributed by atoms with Gasteiger partial charge in [-0.05, 0) is 36.8 Å². The van der Waals surface area contributed by atoms with E-state index in [9.17, 15) is 9.59 Å². The van der Waals surface area contributed by atoms with Crippen LogP contribution in [0.2, 0.25) is 0 Å². The third kappa shape index (κ3) is 2.76. The molecule has 3 heterocycles. The van der Waals surface area contributed by atoms with E-state index in [-0.39, 0.29) is 22.7 Å². The predicted molar refractivity (Wildman–Crippen MR) is 74.2 cm³/mol. The number of hydrogen-bond donors (Lipinski definition) is 1. The number of carbonyl (C=O) groups is 2. The van der Waals surface area contributed by atoms with Gasteiger partial charge in [-0.2, -0.15) is 0 Å². The number of carboxylic acids is 1. The van der Waals surface area contributed by atoms with Crippen LogP contribution in [0.4, 0.5) is 0 Å². The van der Waals surface area contributed by atoms with E-state index in [1.54, 1.807) is 17.0 Å². The molecule has 112 valence electrons. The predicted octanol–water partition coefficient (Wildman–Crippen LogP) is 1.42. The number of amides is 1. The number of carbonyl (C=O) groups excluding carboxylic acids is 1. The normalized spacial score (nSPS) is 20.7. The maximum Gasteiger partial charge on any atom is 0.354 e. The van der Waals surface area contributed by atoms with Crippen molar-refractivity contribution in [3.05, 3.63) is 29.6 Å². The summed E-state index contributed by atoms with van der Waals surface area (Å²) in [7, 11) is 0. The average Bonchev–Trinajstić information content (AvgIpc) is 2.91. The number of aromatic carboxylic acids is 1. The summed E-state index contributed by atoms with van der Waals surface area (Å²) < 4.78 is 5.40. The molecule has 0 radical (unpaired) electrons. The molecule has 0 aliphatic carbocycles. The first-order chi connectivity index (χ1) is 10.1. The lowest BCUT2D eigenvalue weighted by molar-refractivity contribution is 0.0190. The lowest BCUT2D eigenvalue weighted by Gasteiger charge is -2.33. The summed E-state index contributed by atoms with van der Waals surface area (Å²) in [5, 5.41) is 8.95. The van der Waals surface area contributed by atoms with Gasteiger partial charge in [0.1, 0.15) is 11.4 Å². The Morgan fingerprint density at radius 1 is 1.19 bits per heavy atom. The van der Waals surface area contributed by atoms with E-state index in [0.29, 0.717) is 13.1 Å². The molecule has 1 aromatic rings.